The van der Waals surface area contributed by atoms with Crippen molar-refractivity contribution in [2.24, 2.45) is 0 Å². The number of hydrogen-bond acceptors (Lipinski definition) is 4. The summed E-state index contributed by atoms with van der Waals surface area (Å²) in [4.78, 5) is 16.9. The van der Waals surface area contributed by atoms with Crippen LogP contribution in [0.25, 0.3) is 0 Å². The fourth-order valence-corrected chi connectivity index (χ4v) is 4.11. The zero-order valence-corrected chi connectivity index (χ0v) is 12.8. The number of nitrogens with zero attached hydrogens (tertiary/aromatic N) is 1. The van der Waals surface area contributed by atoms with E-state index in [4.69, 9.17) is 4.74 Å². The number of nitrogens with one attached hydrogen (secondary N) is 1. The second-order valence-corrected chi connectivity index (χ2v) is 6.84. The molecule has 110 valence electrons. The molecule has 1 amide bonds. The van der Waals surface area contributed by atoms with E-state index in [-0.39, 0.29) is 11.9 Å². The monoisotopic (exact) mass is 294 g/mol. The summed E-state index contributed by atoms with van der Waals surface area (Å²) in [5.74, 6) is 0.0881. The molecule has 0 spiro atoms. The summed E-state index contributed by atoms with van der Waals surface area (Å²) in [6.07, 6.45) is 3.54. The number of carbonyl (C=O) groups excluding carboxylic acids is 1. The van der Waals surface area contributed by atoms with Gasteiger partial charge in [0.1, 0.15) is 0 Å². The summed E-state index contributed by atoms with van der Waals surface area (Å²) in [6, 6.07) is 2.27. The summed E-state index contributed by atoms with van der Waals surface area (Å²) >= 11 is 1.67. The third kappa shape index (κ3) is 3.22. The summed E-state index contributed by atoms with van der Waals surface area (Å²) in [5.41, 5.74) is 1.39. The third-order valence-corrected chi connectivity index (χ3v) is 5.22. The van der Waals surface area contributed by atoms with Crippen molar-refractivity contribution in [1.29, 1.82) is 0 Å². The Balaban J connectivity index is 1.52. The van der Waals surface area contributed by atoms with Crippen LogP contribution in [0.1, 0.15) is 33.5 Å². The van der Waals surface area contributed by atoms with E-state index < -0.39 is 0 Å². The van der Waals surface area contributed by atoms with E-state index >= 15 is 0 Å². The van der Waals surface area contributed by atoms with Crippen molar-refractivity contribution < 1.29 is 9.53 Å². The predicted molar refractivity (Wildman–Crippen MR) is 80.5 cm³/mol. The van der Waals surface area contributed by atoms with Gasteiger partial charge >= 0.3 is 0 Å². The maximum absolute atomic E-state index is 12.3. The molecule has 20 heavy (non-hydrogen) atoms. The van der Waals surface area contributed by atoms with E-state index in [1.54, 1.807) is 11.3 Å². The fourth-order valence-electron chi connectivity index (χ4n) is 2.95. The number of rotatable bonds is 4. The van der Waals surface area contributed by atoms with Crippen LogP contribution in [0.15, 0.2) is 6.07 Å². The molecule has 1 aliphatic heterocycles. The Morgan fingerprint density at radius 2 is 2.25 bits per heavy atom. The Morgan fingerprint density at radius 3 is 3.00 bits per heavy atom. The van der Waals surface area contributed by atoms with Crippen molar-refractivity contribution in [2.75, 3.05) is 32.8 Å². The molecular formula is C15H22N2O2S. The van der Waals surface area contributed by atoms with Gasteiger partial charge in [0.2, 0.25) is 0 Å². The lowest BCUT2D eigenvalue weighted by Crippen LogP contribution is -2.45. The third-order valence-electron chi connectivity index (χ3n) is 3.98. The van der Waals surface area contributed by atoms with Crippen LogP contribution in [0, 0.1) is 0 Å². The average Bonchev–Trinajstić information content (AvgIpc) is 3.00. The lowest BCUT2D eigenvalue weighted by molar-refractivity contribution is 0.0342. The van der Waals surface area contributed by atoms with Gasteiger partial charge in [0.05, 0.1) is 18.1 Å². The van der Waals surface area contributed by atoms with Crippen LogP contribution in [-0.2, 0) is 17.6 Å². The number of thiophene rings is 1. The number of amides is 1. The summed E-state index contributed by atoms with van der Waals surface area (Å²) in [7, 11) is 0. The largest absolute Gasteiger partial charge is 0.379 e. The van der Waals surface area contributed by atoms with Gasteiger partial charge in [-0.2, -0.15) is 0 Å². The van der Waals surface area contributed by atoms with Crippen LogP contribution in [0.2, 0.25) is 0 Å². The van der Waals surface area contributed by atoms with Gasteiger partial charge in [-0.1, -0.05) is 0 Å². The minimum absolute atomic E-state index is 0.0881. The highest BCUT2D eigenvalue weighted by Gasteiger charge is 2.20. The average molecular weight is 294 g/mol. The molecule has 0 unspecified atom stereocenters. The second-order valence-electron chi connectivity index (χ2n) is 5.70. The predicted octanol–water partition coefficient (Wildman–Crippen LogP) is 1.69. The number of aryl methyl sites for hydroxylation is 2. The summed E-state index contributed by atoms with van der Waals surface area (Å²) in [5, 5.41) is 3.12. The molecule has 0 aromatic carbocycles. The van der Waals surface area contributed by atoms with Gasteiger partial charge in [-0.25, -0.2) is 0 Å². The highest BCUT2D eigenvalue weighted by Crippen LogP contribution is 2.30. The molecular weight excluding hydrogens is 272 g/mol. The molecule has 0 saturated carbocycles. The normalized spacial score (nSPS) is 20.6. The number of carbonyl (C=O) groups is 1. The van der Waals surface area contributed by atoms with E-state index in [1.807, 2.05) is 0 Å². The Kier molecular flexibility index (Phi) is 4.38. The van der Waals surface area contributed by atoms with Crippen molar-refractivity contribution in [1.82, 2.24) is 10.2 Å². The molecule has 1 saturated heterocycles. The minimum Gasteiger partial charge on any atom is -0.379 e. The molecule has 1 aliphatic carbocycles. The zero-order valence-electron chi connectivity index (χ0n) is 12.0. The van der Waals surface area contributed by atoms with E-state index in [1.165, 1.54) is 16.9 Å². The van der Waals surface area contributed by atoms with Gasteiger partial charge < -0.3 is 10.1 Å². The van der Waals surface area contributed by atoms with Crippen molar-refractivity contribution >= 4 is 17.2 Å². The molecule has 1 fully saturated rings. The Morgan fingerprint density at radius 1 is 1.45 bits per heavy atom. The number of morpholine rings is 1. The van der Waals surface area contributed by atoms with Crippen LogP contribution in [0.3, 0.4) is 0 Å². The van der Waals surface area contributed by atoms with Crippen LogP contribution in [-0.4, -0.2) is 49.7 Å². The van der Waals surface area contributed by atoms with Gasteiger partial charge in [-0.15, -0.1) is 11.3 Å². The number of ether oxygens (including phenoxy) is 1. The smallest absolute Gasteiger partial charge is 0.261 e. The van der Waals surface area contributed by atoms with Crippen LogP contribution >= 0.6 is 11.3 Å². The van der Waals surface area contributed by atoms with E-state index in [0.717, 1.165) is 50.6 Å². The number of hydrogen-bond donors (Lipinski definition) is 1. The molecule has 5 heteroatoms. The molecule has 1 N–H and O–H groups in total. The summed E-state index contributed by atoms with van der Waals surface area (Å²) < 4.78 is 5.34. The molecule has 4 nitrogen and oxygen atoms in total. The van der Waals surface area contributed by atoms with Gasteiger partial charge in [0, 0.05) is 30.6 Å². The number of fused-ring (bicyclic) bond motifs is 1. The highest BCUT2D eigenvalue weighted by molar-refractivity contribution is 7.14. The molecule has 1 atom stereocenters. The first-order chi connectivity index (χ1) is 9.72. The lowest BCUT2D eigenvalue weighted by Gasteiger charge is -2.29. The summed E-state index contributed by atoms with van der Waals surface area (Å²) in [6.45, 7) is 6.52. The fraction of sp³-hybridized carbons (Fsp3) is 0.667. The lowest BCUT2D eigenvalue weighted by atomic mass is 10.2. The SMILES string of the molecule is C[C@@H](CN1CCOCC1)NC(=O)c1cc2c(s1)CCC2. The standard InChI is InChI=1S/C15H22N2O2S/c1-11(10-17-5-7-19-8-6-17)16-15(18)14-9-12-3-2-4-13(12)20-14/h9,11H,2-8,10H2,1H3,(H,16,18)/t11-/m0/s1. The van der Waals surface area contributed by atoms with E-state index in [2.05, 4.69) is 23.2 Å². The highest BCUT2D eigenvalue weighted by atomic mass is 32.1. The van der Waals surface area contributed by atoms with Gasteiger partial charge in [0.25, 0.3) is 5.91 Å². The zero-order chi connectivity index (χ0) is 13.9. The Bertz CT molecular complexity index is 459. The van der Waals surface area contributed by atoms with Gasteiger partial charge in [0.15, 0.2) is 0 Å². The first-order valence-electron chi connectivity index (χ1n) is 7.45. The van der Waals surface area contributed by atoms with Crippen molar-refractivity contribution in [3.8, 4) is 0 Å². The van der Waals surface area contributed by atoms with E-state index in [0.29, 0.717) is 0 Å². The van der Waals surface area contributed by atoms with Gasteiger partial charge in [-0.05, 0) is 37.8 Å². The molecule has 2 heterocycles. The molecule has 0 radical (unpaired) electrons. The Labute approximate surface area is 124 Å². The van der Waals surface area contributed by atoms with Crippen LogP contribution < -0.4 is 5.32 Å². The molecule has 1 aromatic heterocycles. The van der Waals surface area contributed by atoms with Crippen molar-refractivity contribution in [3.63, 3.8) is 0 Å². The van der Waals surface area contributed by atoms with Crippen molar-refractivity contribution in [2.45, 2.75) is 32.2 Å². The quantitative estimate of drug-likeness (QED) is 0.919. The maximum Gasteiger partial charge on any atom is 0.261 e. The topological polar surface area (TPSA) is 41.6 Å². The Hall–Kier alpha value is -0.910. The molecule has 3 rings (SSSR count). The minimum atomic E-state index is 0.0881. The molecule has 1 aromatic rings. The second kappa shape index (κ2) is 6.24. The maximum atomic E-state index is 12.3. The van der Waals surface area contributed by atoms with Crippen LogP contribution in [0.4, 0.5) is 0 Å². The van der Waals surface area contributed by atoms with E-state index in [9.17, 15) is 4.79 Å². The van der Waals surface area contributed by atoms with Gasteiger partial charge in [-0.3, -0.25) is 9.69 Å². The molecule has 0 bridgehead atoms. The van der Waals surface area contributed by atoms with Crippen LogP contribution in [0.5, 0.6) is 0 Å². The first-order valence-corrected chi connectivity index (χ1v) is 8.26. The molecule has 2 aliphatic rings. The first kappa shape index (κ1) is 14.0. The van der Waals surface area contributed by atoms with Crippen molar-refractivity contribution in [3.05, 3.63) is 21.4 Å².